The molecule has 0 unspecified atom stereocenters. The van der Waals surface area contributed by atoms with E-state index in [1.54, 1.807) is 0 Å². The lowest BCUT2D eigenvalue weighted by Crippen LogP contribution is -2.07. The molecule has 0 bridgehead atoms. The fourth-order valence-electron chi connectivity index (χ4n) is 2.26. The van der Waals surface area contributed by atoms with Crippen LogP contribution in [0.2, 0.25) is 0 Å². The molecule has 0 aromatic carbocycles. The molecule has 0 aromatic rings. The molecule has 0 spiro atoms. The topological polar surface area (TPSA) is 0 Å². The molecule has 2 atom stereocenters. The lowest BCUT2D eigenvalue weighted by molar-refractivity contribution is 0.340. The van der Waals surface area contributed by atoms with Gasteiger partial charge in [-0.25, -0.2) is 0 Å². The van der Waals surface area contributed by atoms with E-state index < -0.39 is 0 Å². The summed E-state index contributed by atoms with van der Waals surface area (Å²) in [5.41, 5.74) is 0. The Morgan fingerprint density at radius 1 is 0.818 bits per heavy atom. The Bertz CT molecular complexity index is 99.2. The van der Waals surface area contributed by atoms with Gasteiger partial charge < -0.3 is 0 Å². The standard InChI is InChI=1S/C11H22/c1-8(2)10-5-6-11(7-10)9(3)4/h8-11H,5-7H2,1-4H3/t10-,11+. The fourth-order valence-corrected chi connectivity index (χ4v) is 2.26. The summed E-state index contributed by atoms with van der Waals surface area (Å²) in [6, 6.07) is 0. The molecule has 0 amide bonds. The summed E-state index contributed by atoms with van der Waals surface area (Å²) in [7, 11) is 0. The average Bonchev–Trinajstić information content (AvgIpc) is 2.33. The van der Waals surface area contributed by atoms with Crippen LogP contribution in [-0.2, 0) is 0 Å². The van der Waals surface area contributed by atoms with Crippen molar-refractivity contribution in [3.05, 3.63) is 0 Å². The molecule has 1 aliphatic rings. The van der Waals surface area contributed by atoms with Gasteiger partial charge in [0.05, 0.1) is 0 Å². The SMILES string of the molecule is CC(C)[C@@H]1CC[C@H](C(C)C)C1. The molecule has 66 valence electrons. The summed E-state index contributed by atoms with van der Waals surface area (Å²) in [6.07, 6.45) is 4.47. The van der Waals surface area contributed by atoms with Crippen molar-refractivity contribution >= 4 is 0 Å². The molecule has 0 saturated heterocycles. The summed E-state index contributed by atoms with van der Waals surface area (Å²) in [5.74, 6) is 3.89. The Morgan fingerprint density at radius 3 is 1.36 bits per heavy atom. The first-order valence-corrected chi connectivity index (χ1v) is 5.11. The minimum absolute atomic E-state index is 0.916. The monoisotopic (exact) mass is 154 g/mol. The van der Waals surface area contributed by atoms with Crippen LogP contribution in [-0.4, -0.2) is 0 Å². The van der Waals surface area contributed by atoms with Crippen molar-refractivity contribution < 1.29 is 0 Å². The Balaban J connectivity index is 2.35. The molecule has 0 aromatic heterocycles. The van der Waals surface area contributed by atoms with Crippen LogP contribution in [0.15, 0.2) is 0 Å². The van der Waals surface area contributed by atoms with Gasteiger partial charge in [0, 0.05) is 0 Å². The zero-order chi connectivity index (χ0) is 8.43. The predicted octanol–water partition coefficient (Wildman–Crippen LogP) is 3.71. The third-order valence-electron chi connectivity index (χ3n) is 3.40. The van der Waals surface area contributed by atoms with E-state index in [0.717, 1.165) is 23.7 Å². The van der Waals surface area contributed by atoms with E-state index >= 15 is 0 Å². The second-order valence-corrected chi connectivity index (χ2v) is 4.82. The van der Waals surface area contributed by atoms with Crippen LogP contribution in [0.3, 0.4) is 0 Å². The van der Waals surface area contributed by atoms with Gasteiger partial charge in [0.25, 0.3) is 0 Å². The maximum atomic E-state index is 2.37. The highest BCUT2D eigenvalue weighted by molar-refractivity contribution is 4.78. The molecule has 0 radical (unpaired) electrons. The minimum atomic E-state index is 0.916. The van der Waals surface area contributed by atoms with Gasteiger partial charge >= 0.3 is 0 Å². The van der Waals surface area contributed by atoms with Crippen LogP contribution in [0.4, 0.5) is 0 Å². The van der Waals surface area contributed by atoms with E-state index in [0.29, 0.717) is 0 Å². The lowest BCUT2D eigenvalue weighted by atomic mass is 9.89. The Labute approximate surface area is 71.4 Å². The van der Waals surface area contributed by atoms with Gasteiger partial charge in [-0.2, -0.15) is 0 Å². The van der Waals surface area contributed by atoms with Gasteiger partial charge in [0.2, 0.25) is 0 Å². The predicted molar refractivity (Wildman–Crippen MR) is 50.5 cm³/mol. The summed E-state index contributed by atoms with van der Waals surface area (Å²) in [6.45, 7) is 9.47. The summed E-state index contributed by atoms with van der Waals surface area (Å²) >= 11 is 0. The van der Waals surface area contributed by atoms with Gasteiger partial charge in [0.1, 0.15) is 0 Å². The number of rotatable bonds is 2. The summed E-state index contributed by atoms with van der Waals surface area (Å²) in [5, 5.41) is 0. The van der Waals surface area contributed by atoms with Crippen LogP contribution >= 0.6 is 0 Å². The average molecular weight is 154 g/mol. The molecule has 0 heterocycles. The zero-order valence-electron chi connectivity index (χ0n) is 8.43. The van der Waals surface area contributed by atoms with Crippen LogP contribution in [0.25, 0.3) is 0 Å². The quantitative estimate of drug-likeness (QED) is 0.568. The lowest BCUT2D eigenvalue weighted by Gasteiger charge is -2.16. The van der Waals surface area contributed by atoms with E-state index in [1.165, 1.54) is 19.3 Å². The van der Waals surface area contributed by atoms with Gasteiger partial charge in [0.15, 0.2) is 0 Å². The molecule has 0 nitrogen and oxygen atoms in total. The van der Waals surface area contributed by atoms with Crippen molar-refractivity contribution in [3.8, 4) is 0 Å². The maximum Gasteiger partial charge on any atom is -0.0388 e. The second-order valence-electron chi connectivity index (χ2n) is 4.82. The van der Waals surface area contributed by atoms with Crippen LogP contribution < -0.4 is 0 Å². The van der Waals surface area contributed by atoms with Crippen LogP contribution in [0, 0.1) is 23.7 Å². The van der Waals surface area contributed by atoms with Crippen molar-refractivity contribution in [1.29, 1.82) is 0 Å². The Morgan fingerprint density at radius 2 is 1.18 bits per heavy atom. The van der Waals surface area contributed by atoms with Crippen molar-refractivity contribution in [1.82, 2.24) is 0 Å². The van der Waals surface area contributed by atoms with E-state index in [4.69, 9.17) is 0 Å². The van der Waals surface area contributed by atoms with E-state index in [2.05, 4.69) is 27.7 Å². The van der Waals surface area contributed by atoms with Gasteiger partial charge in [-0.15, -0.1) is 0 Å². The third kappa shape index (κ3) is 2.21. The first-order chi connectivity index (χ1) is 5.11. The first-order valence-electron chi connectivity index (χ1n) is 5.11. The molecule has 11 heavy (non-hydrogen) atoms. The van der Waals surface area contributed by atoms with Crippen LogP contribution in [0.5, 0.6) is 0 Å². The molecular weight excluding hydrogens is 132 g/mol. The van der Waals surface area contributed by atoms with E-state index in [-0.39, 0.29) is 0 Å². The number of hydrogen-bond donors (Lipinski definition) is 0. The maximum absolute atomic E-state index is 2.37. The fraction of sp³-hybridized carbons (Fsp3) is 1.00. The normalized spacial score (nSPS) is 32.2. The van der Waals surface area contributed by atoms with Crippen molar-refractivity contribution in [2.24, 2.45) is 23.7 Å². The summed E-state index contributed by atoms with van der Waals surface area (Å²) in [4.78, 5) is 0. The van der Waals surface area contributed by atoms with E-state index in [1.807, 2.05) is 0 Å². The van der Waals surface area contributed by atoms with Crippen molar-refractivity contribution in [3.63, 3.8) is 0 Å². The van der Waals surface area contributed by atoms with Crippen LogP contribution in [0.1, 0.15) is 47.0 Å². The highest BCUT2D eigenvalue weighted by atomic mass is 14.3. The molecule has 0 heteroatoms. The van der Waals surface area contributed by atoms with Gasteiger partial charge in [-0.1, -0.05) is 27.7 Å². The molecule has 1 saturated carbocycles. The first kappa shape index (κ1) is 9.09. The smallest absolute Gasteiger partial charge is 0.0388 e. The van der Waals surface area contributed by atoms with Crippen molar-refractivity contribution in [2.75, 3.05) is 0 Å². The molecule has 1 fully saturated rings. The van der Waals surface area contributed by atoms with Crippen molar-refractivity contribution in [2.45, 2.75) is 47.0 Å². The Kier molecular flexibility index (Phi) is 2.98. The number of hydrogen-bond acceptors (Lipinski definition) is 0. The second kappa shape index (κ2) is 3.60. The molecule has 0 N–H and O–H groups in total. The highest BCUT2D eigenvalue weighted by Gasteiger charge is 2.28. The molecular formula is C11H22. The molecule has 1 aliphatic carbocycles. The molecule has 0 aliphatic heterocycles. The minimum Gasteiger partial charge on any atom is -0.0625 e. The largest absolute Gasteiger partial charge is 0.0625 e. The highest BCUT2D eigenvalue weighted by Crippen LogP contribution is 2.38. The summed E-state index contributed by atoms with van der Waals surface area (Å²) < 4.78 is 0. The zero-order valence-corrected chi connectivity index (χ0v) is 8.43. The van der Waals surface area contributed by atoms with Gasteiger partial charge in [-0.05, 0) is 42.9 Å². The Hall–Kier alpha value is 0. The van der Waals surface area contributed by atoms with Gasteiger partial charge in [-0.3, -0.25) is 0 Å². The molecule has 1 rings (SSSR count). The third-order valence-corrected chi connectivity index (χ3v) is 3.40. The van der Waals surface area contributed by atoms with E-state index in [9.17, 15) is 0 Å².